The van der Waals surface area contributed by atoms with Crippen LogP contribution in [0.15, 0.2) is 23.9 Å². The lowest BCUT2D eigenvalue weighted by Crippen LogP contribution is -1.91. The number of allylic oxidation sites excluding steroid dienone is 3. The lowest BCUT2D eigenvalue weighted by molar-refractivity contribution is 0.941. The van der Waals surface area contributed by atoms with Crippen molar-refractivity contribution in [3.05, 3.63) is 23.9 Å². The molecule has 0 saturated heterocycles. The Morgan fingerprint density at radius 1 is 1.36 bits per heavy atom. The van der Waals surface area contributed by atoms with E-state index in [0.717, 1.165) is 6.42 Å². The average Bonchev–Trinajstić information content (AvgIpc) is 2.05. The Hall–Kier alpha value is -0.720. The van der Waals surface area contributed by atoms with E-state index in [1.54, 1.807) is 0 Å². The third-order valence-corrected chi connectivity index (χ3v) is 1.57. The lowest BCUT2D eigenvalue weighted by atomic mass is 10.1. The van der Waals surface area contributed by atoms with Crippen molar-refractivity contribution in [3.63, 3.8) is 0 Å². The van der Waals surface area contributed by atoms with Crippen molar-refractivity contribution in [1.82, 2.24) is 5.32 Å². The summed E-state index contributed by atoms with van der Waals surface area (Å²) in [6, 6.07) is 0. The van der Waals surface area contributed by atoms with Crippen LogP contribution in [0.5, 0.6) is 0 Å². The molecular formula is C10H19N. The van der Waals surface area contributed by atoms with Crippen molar-refractivity contribution in [2.24, 2.45) is 0 Å². The zero-order valence-corrected chi connectivity index (χ0v) is 7.85. The molecule has 0 aliphatic carbocycles. The molecule has 0 aliphatic heterocycles. The fourth-order valence-corrected chi connectivity index (χ4v) is 0.850. The highest BCUT2D eigenvalue weighted by Crippen LogP contribution is 2.04. The van der Waals surface area contributed by atoms with Gasteiger partial charge in [-0.3, -0.25) is 0 Å². The molecule has 64 valence electrons. The van der Waals surface area contributed by atoms with Gasteiger partial charge in [0.2, 0.25) is 0 Å². The Bertz CT molecular complexity index is 134. The van der Waals surface area contributed by atoms with E-state index in [1.807, 2.05) is 13.2 Å². The number of hydrogen-bond donors (Lipinski definition) is 1. The van der Waals surface area contributed by atoms with Gasteiger partial charge in [0.25, 0.3) is 0 Å². The maximum absolute atomic E-state index is 2.99. The molecule has 0 heterocycles. The summed E-state index contributed by atoms with van der Waals surface area (Å²) in [6.07, 6.45) is 9.96. The minimum absolute atomic E-state index is 1.12. The molecule has 11 heavy (non-hydrogen) atoms. The average molecular weight is 153 g/mol. The third kappa shape index (κ3) is 5.71. The molecule has 0 aromatic carbocycles. The monoisotopic (exact) mass is 153 g/mol. The van der Waals surface area contributed by atoms with Crippen LogP contribution in [0.1, 0.15) is 33.1 Å². The first kappa shape index (κ1) is 10.3. The molecular weight excluding hydrogens is 134 g/mol. The Labute approximate surface area is 70.2 Å². The standard InChI is InChI=1S/C10H19N/c1-4-6-7-10(5-2)8-9-11-3/h7-9,11H,4-6H2,1-3H3/b9-8-,10-7+. The topological polar surface area (TPSA) is 12.0 Å². The SMILES string of the molecule is CCC/C=C(/C=C\NC)CC. The zero-order valence-electron chi connectivity index (χ0n) is 7.85. The molecule has 0 aromatic rings. The van der Waals surface area contributed by atoms with Crippen LogP contribution in [-0.4, -0.2) is 7.05 Å². The minimum atomic E-state index is 1.12. The van der Waals surface area contributed by atoms with Gasteiger partial charge in [0.05, 0.1) is 0 Å². The summed E-state index contributed by atoms with van der Waals surface area (Å²) in [5.74, 6) is 0. The van der Waals surface area contributed by atoms with Crippen LogP contribution in [0.3, 0.4) is 0 Å². The van der Waals surface area contributed by atoms with Crippen LogP contribution < -0.4 is 5.32 Å². The minimum Gasteiger partial charge on any atom is -0.394 e. The van der Waals surface area contributed by atoms with E-state index in [9.17, 15) is 0 Å². The van der Waals surface area contributed by atoms with Gasteiger partial charge >= 0.3 is 0 Å². The molecule has 1 heteroatoms. The Morgan fingerprint density at radius 3 is 2.55 bits per heavy atom. The van der Waals surface area contributed by atoms with Crippen LogP contribution >= 0.6 is 0 Å². The molecule has 0 atom stereocenters. The Kier molecular flexibility index (Phi) is 6.90. The normalized spacial score (nSPS) is 12.5. The molecule has 0 fully saturated rings. The largest absolute Gasteiger partial charge is 0.394 e. The lowest BCUT2D eigenvalue weighted by Gasteiger charge is -1.96. The molecule has 0 radical (unpaired) electrons. The van der Waals surface area contributed by atoms with Gasteiger partial charge < -0.3 is 5.32 Å². The highest BCUT2D eigenvalue weighted by molar-refractivity contribution is 5.17. The summed E-state index contributed by atoms with van der Waals surface area (Å²) in [6.45, 7) is 4.38. The molecule has 0 bridgehead atoms. The van der Waals surface area contributed by atoms with Gasteiger partial charge in [0.1, 0.15) is 0 Å². The van der Waals surface area contributed by atoms with E-state index in [2.05, 4.69) is 31.3 Å². The Morgan fingerprint density at radius 2 is 2.09 bits per heavy atom. The van der Waals surface area contributed by atoms with Crippen LogP contribution in [0, 0.1) is 0 Å². The summed E-state index contributed by atoms with van der Waals surface area (Å²) in [4.78, 5) is 0. The molecule has 0 unspecified atom stereocenters. The molecule has 1 N–H and O–H groups in total. The second-order valence-electron chi connectivity index (χ2n) is 2.54. The quantitative estimate of drug-likeness (QED) is 0.599. The van der Waals surface area contributed by atoms with Crippen molar-refractivity contribution in [1.29, 1.82) is 0 Å². The molecule has 0 rings (SSSR count). The van der Waals surface area contributed by atoms with Crippen molar-refractivity contribution in [3.8, 4) is 0 Å². The molecule has 0 spiro atoms. The van der Waals surface area contributed by atoms with Crippen molar-refractivity contribution in [2.45, 2.75) is 33.1 Å². The smallest absolute Gasteiger partial charge is 0.00277 e. The van der Waals surface area contributed by atoms with Gasteiger partial charge in [-0.05, 0) is 25.1 Å². The van der Waals surface area contributed by atoms with Crippen LogP contribution in [0.2, 0.25) is 0 Å². The summed E-state index contributed by atoms with van der Waals surface area (Å²) < 4.78 is 0. The van der Waals surface area contributed by atoms with Crippen LogP contribution in [-0.2, 0) is 0 Å². The summed E-state index contributed by atoms with van der Waals surface area (Å²) in [7, 11) is 1.92. The van der Waals surface area contributed by atoms with Gasteiger partial charge in [-0.1, -0.05) is 31.9 Å². The highest BCUT2D eigenvalue weighted by atomic mass is 14.8. The van der Waals surface area contributed by atoms with E-state index in [0.29, 0.717) is 0 Å². The fraction of sp³-hybridized carbons (Fsp3) is 0.600. The van der Waals surface area contributed by atoms with Crippen molar-refractivity contribution >= 4 is 0 Å². The first-order valence-electron chi connectivity index (χ1n) is 4.38. The van der Waals surface area contributed by atoms with Gasteiger partial charge in [-0.15, -0.1) is 0 Å². The van der Waals surface area contributed by atoms with Gasteiger partial charge in [-0.2, -0.15) is 0 Å². The second-order valence-corrected chi connectivity index (χ2v) is 2.54. The first-order valence-corrected chi connectivity index (χ1v) is 4.38. The van der Waals surface area contributed by atoms with Gasteiger partial charge in [0, 0.05) is 7.05 Å². The first-order chi connectivity index (χ1) is 5.35. The number of unbranched alkanes of at least 4 members (excludes halogenated alkanes) is 1. The fourth-order valence-electron chi connectivity index (χ4n) is 0.850. The van der Waals surface area contributed by atoms with Gasteiger partial charge in [0.15, 0.2) is 0 Å². The number of rotatable bonds is 5. The predicted molar refractivity (Wildman–Crippen MR) is 51.5 cm³/mol. The molecule has 1 nitrogen and oxygen atoms in total. The zero-order chi connectivity index (χ0) is 8.53. The molecule has 0 aliphatic rings. The van der Waals surface area contributed by atoms with Crippen molar-refractivity contribution in [2.75, 3.05) is 7.05 Å². The Balaban J connectivity index is 3.83. The second kappa shape index (κ2) is 7.39. The molecule has 0 saturated carbocycles. The molecule has 0 aromatic heterocycles. The van der Waals surface area contributed by atoms with E-state index < -0.39 is 0 Å². The van der Waals surface area contributed by atoms with Crippen LogP contribution in [0.4, 0.5) is 0 Å². The van der Waals surface area contributed by atoms with E-state index in [1.165, 1.54) is 18.4 Å². The van der Waals surface area contributed by atoms with Crippen molar-refractivity contribution < 1.29 is 0 Å². The maximum atomic E-state index is 2.99. The van der Waals surface area contributed by atoms with Gasteiger partial charge in [-0.25, -0.2) is 0 Å². The highest BCUT2D eigenvalue weighted by Gasteiger charge is 1.85. The van der Waals surface area contributed by atoms with E-state index >= 15 is 0 Å². The summed E-state index contributed by atoms with van der Waals surface area (Å²) >= 11 is 0. The third-order valence-electron chi connectivity index (χ3n) is 1.57. The number of hydrogen-bond acceptors (Lipinski definition) is 1. The summed E-state index contributed by atoms with van der Waals surface area (Å²) in [5.41, 5.74) is 1.42. The van der Waals surface area contributed by atoms with E-state index in [4.69, 9.17) is 0 Å². The van der Waals surface area contributed by atoms with E-state index in [-0.39, 0.29) is 0 Å². The number of nitrogens with one attached hydrogen (secondary N) is 1. The van der Waals surface area contributed by atoms with Crippen LogP contribution in [0.25, 0.3) is 0 Å². The maximum Gasteiger partial charge on any atom is 0.00277 e. The molecule has 0 amide bonds. The predicted octanol–water partition coefficient (Wildman–Crippen LogP) is 2.86. The summed E-state index contributed by atoms with van der Waals surface area (Å²) in [5, 5.41) is 2.99.